The van der Waals surface area contributed by atoms with Crippen LogP contribution in [0.1, 0.15) is 23.1 Å². The maximum atomic E-state index is 13.0. The highest BCUT2D eigenvalue weighted by molar-refractivity contribution is 5.97. The van der Waals surface area contributed by atoms with E-state index in [4.69, 9.17) is 14.2 Å². The molecular formula is C17H23N3O4. The molecule has 7 nitrogen and oxygen atoms in total. The smallest absolute Gasteiger partial charge is 0.258 e. The molecule has 0 atom stereocenters. The fourth-order valence-electron chi connectivity index (χ4n) is 2.41. The summed E-state index contributed by atoms with van der Waals surface area (Å²) in [5.41, 5.74) is 0.422. The molecule has 1 aromatic heterocycles. The summed E-state index contributed by atoms with van der Waals surface area (Å²) in [6.07, 6.45) is 3.56. The zero-order valence-electron chi connectivity index (χ0n) is 14.7. The van der Waals surface area contributed by atoms with Crippen molar-refractivity contribution in [1.29, 1.82) is 0 Å². The average molecular weight is 333 g/mol. The molecule has 1 heterocycles. The number of hydrogen-bond acceptors (Lipinski definition) is 5. The zero-order valence-corrected chi connectivity index (χ0v) is 14.7. The van der Waals surface area contributed by atoms with Gasteiger partial charge in [0.25, 0.3) is 5.91 Å². The van der Waals surface area contributed by atoms with Gasteiger partial charge in [0, 0.05) is 38.1 Å². The Labute approximate surface area is 141 Å². The van der Waals surface area contributed by atoms with Crippen LogP contribution >= 0.6 is 0 Å². The zero-order chi connectivity index (χ0) is 17.7. The van der Waals surface area contributed by atoms with Crippen molar-refractivity contribution >= 4 is 5.91 Å². The van der Waals surface area contributed by atoms with E-state index in [1.54, 1.807) is 23.2 Å². The topological polar surface area (TPSA) is 65.8 Å². The van der Waals surface area contributed by atoms with E-state index >= 15 is 0 Å². The van der Waals surface area contributed by atoms with Crippen molar-refractivity contribution in [2.45, 2.75) is 13.5 Å². The Morgan fingerprint density at radius 3 is 2.25 bits per heavy atom. The lowest BCUT2D eigenvalue weighted by Gasteiger charge is -2.22. The third-order valence-corrected chi connectivity index (χ3v) is 3.86. The Bertz CT molecular complexity index is 712. The first-order chi connectivity index (χ1) is 11.5. The minimum Gasteiger partial charge on any atom is -0.496 e. The number of nitrogens with zero attached hydrogens (tertiary/aromatic N) is 3. The number of amides is 1. The van der Waals surface area contributed by atoms with Crippen molar-refractivity contribution < 1.29 is 19.0 Å². The number of imidazole rings is 1. The molecule has 0 bridgehead atoms. The van der Waals surface area contributed by atoms with Gasteiger partial charge in [-0.2, -0.15) is 0 Å². The van der Waals surface area contributed by atoms with Crippen molar-refractivity contribution in [2.24, 2.45) is 7.05 Å². The SMILES string of the molecule is CCN(Cc1nccn1C)C(=O)c1cc(OC)c(OC)cc1OC. The maximum Gasteiger partial charge on any atom is 0.258 e. The standard InChI is InChI=1S/C17H23N3O4/c1-6-20(11-16-18-7-8-19(16)2)17(21)12-9-14(23-4)15(24-5)10-13(12)22-3/h7-10H,6,11H2,1-5H3. The first-order valence-corrected chi connectivity index (χ1v) is 7.61. The van der Waals surface area contributed by atoms with Gasteiger partial charge in [-0.1, -0.05) is 0 Å². The molecule has 0 fully saturated rings. The molecule has 1 amide bonds. The molecular weight excluding hydrogens is 310 g/mol. The Balaban J connectivity index is 2.37. The van der Waals surface area contributed by atoms with E-state index in [2.05, 4.69) is 4.98 Å². The van der Waals surface area contributed by atoms with Crippen LogP contribution in [0.4, 0.5) is 0 Å². The summed E-state index contributed by atoms with van der Waals surface area (Å²) in [5, 5.41) is 0. The monoisotopic (exact) mass is 333 g/mol. The molecule has 0 aliphatic carbocycles. The van der Waals surface area contributed by atoms with Crippen LogP contribution in [0.2, 0.25) is 0 Å². The largest absolute Gasteiger partial charge is 0.496 e. The number of hydrogen-bond donors (Lipinski definition) is 0. The second kappa shape index (κ2) is 7.72. The molecule has 2 rings (SSSR count). The lowest BCUT2D eigenvalue weighted by atomic mass is 10.1. The van der Waals surface area contributed by atoms with Gasteiger partial charge in [0.2, 0.25) is 0 Å². The first kappa shape index (κ1) is 17.7. The van der Waals surface area contributed by atoms with Crippen molar-refractivity contribution in [3.8, 4) is 17.2 Å². The van der Waals surface area contributed by atoms with Crippen LogP contribution < -0.4 is 14.2 Å². The molecule has 0 saturated carbocycles. The minimum atomic E-state index is -0.154. The summed E-state index contributed by atoms with van der Waals surface area (Å²) in [7, 11) is 6.49. The van der Waals surface area contributed by atoms with Gasteiger partial charge in [-0.3, -0.25) is 4.79 Å². The molecule has 0 radical (unpaired) electrons. The van der Waals surface area contributed by atoms with Gasteiger partial charge in [-0.05, 0) is 6.92 Å². The third kappa shape index (κ3) is 3.45. The van der Waals surface area contributed by atoms with Crippen LogP contribution in [0, 0.1) is 0 Å². The fraction of sp³-hybridized carbons (Fsp3) is 0.412. The quantitative estimate of drug-likeness (QED) is 0.776. The van der Waals surface area contributed by atoms with E-state index in [0.717, 1.165) is 5.82 Å². The molecule has 0 spiro atoms. The number of methoxy groups -OCH3 is 3. The van der Waals surface area contributed by atoms with E-state index in [9.17, 15) is 4.79 Å². The van der Waals surface area contributed by atoms with Crippen molar-refractivity contribution in [1.82, 2.24) is 14.5 Å². The Kier molecular flexibility index (Phi) is 5.68. The summed E-state index contributed by atoms with van der Waals surface area (Å²) in [5.74, 6) is 2.09. The number of carbonyl (C=O) groups is 1. The van der Waals surface area contributed by atoms with Crippen molar-refractivity contribution in [2.75, 3.05) is 27.9 Å². The van der Waals surface area contributed by atoms with Crippen LogP contribution in [-0.4, -0.2) is 48.2 Å². The van der Waals surface area contributed by atoms with E-state index in [1.807, 2.05) is 24.7 Å². The van der Waals surface area contributed by atoms with Gasteiger partial charge >= 0.3 is 0 Å². The highest BCUT2D eigenvalue weighted by atomic mass is 16.5. The fourth-order valence-corrected chi connectivity index (χ4v) is 2.41. The van der Waals surface area contributed by atoms with Crippen LogP contribution in [0.25, 0.3) is 0 Å². The Morgan fingerprint density at radius 1 is 1.12 bits per heavy atom. The molecule has 0 N–H and O–H groups in total. The number of benzene rings is 1. The summed E-state index contributed by atoms with van der Waals surface area (Å²) in [6, 6.07) is 3.29. The van der Waals surface area contributed by atoms with Gasteiger partial charge in [0.15, 0.2) is 11.5 Å². The number of rotatable bonds is 7. The summed E-state index contributed by atoms with van der Waals surface area (Å²) in [4.78, 5) is 19.0. The van der Waals surface area contributed by atoms with Crippen LogP contribution in [0.5, 0.6) is 17.2 Å². The highest BCUT2D eigenvalue weighted by Crippen LogP contribution is 2.35. The molecule has 0 aliphatic rings. The van der Waals surface area contributed by atoms with Gasteiger partial charge in [-0.15, -0.1) is 0 Å². The predicted octanol–water partition coefficient (Wildman–Crippen LogP) is 2.11. The molecule has 1 aromatic carbocycles. The van der Waals surface area contributed by atoms with Crippen LogP contribution in [0.15, 0.2) is 24.5 Å². The first-order valence-electron chi connectivity index (χ1n) is 7.61. The molecule has 0 saturated heterocycles. The van der Waals surface area contributed by atoms with E-state index in [0.29, 0.717) is 35.9 Å². The third-order valence-electron chi connectivity index (χ3n) is 3.86. The summed E-state index contributed by atoms with van der Waals surface area (Å²) >= 11 is 0. The molecule has 0 unspecified atom stereocenters. The molecule has 130 valence electrons. The van der Waals surface area contributed by atoms with E-state index in [1.165, 1.54) is 21.3 Å². The van der Waals surface area contributed by atoms with Crippen molar-refractivity contribution in [3.63, 3.8) is 0 Å². The van der Waals surface area contributed by atoms with Gasteiger partial charge in [-0.25, -0.2) is 4.98 Å². The van der Waals surface area contributed by atoms with Gasteiger partial charge in [0.1, 0.15) is 11.6 Å². The molecule has 2 aromatic rings. The van der Waals surface area contributed by atoms with Gasteiger partial charge < -0.3 is 23.7 Å². The minimum absolute atomic E-state index is 0.154. The number of ether oxygens (including phenoxy) is 3. The Morgan fingerprint density at radius 2 is 1.75 bits per heavy atom. The lowest BCUT2D eigenvalue weighted by molar-refractivity contribution is 0.0743. The predicted molar refractivity (Wildman–Crippen MR) is 89.7 cm³/mol. The summed E-state index contributed by atoms with van der Waals surface area (Å²) < 4.78 is 17.8. The second-order valence-electron chi connectivity index (χ2n) is 5.18. The second-order valence-corrected chi connectivity index (χ2v) is 5.18. The highest BCUT2D eigenvalue weighted by Gasteiger charge is 2.22. The van der Waals surface area contributed by atoms with Crippen molar-refractivity contribution in [3.05, 3.63) is 35.9 Å². The Hall–Kier alpha value is -2.70. The number of aromatic nitrogens is 2. The van der Waals surface area contributed by atoms with E-state index in [-0.39, 0.29) is 5.91 Å². The van der Waals surface area contributed by atoms with Gasteiger partial charge in [0.05, 0.1) is 33.4 Å². The lowest BCUT2D eigenvalue weighted by Crippen LogP contribution is -2.31. The number of carbonyl (C=O) groups excluding carboxylic acids is 1. The normalized spacial score (nSPS) is 10.4. The van der Waals surface area contributed by atoms with E-state index < -0.39 is 0 Å². The maximum absolute atomic E-state index is 13.0. The molecule has 7 heteroatoms. The van der Waals surface area contributed by atoms with Crippen LogP contribution in [0.3, 0.4) is 0 Å². The summed E-state index contributed by atoms with van der Waals surface area (Å²) in [6.45, 7) is 2.88. The average Bonchev–Trinajstić information content (AvgIpc) is 3.02. The molecule has 24 heavy (non-hydrogen) atoms. The number of aryl methyl sites for hydroxylation is 1. The molecule has 0 aliphatic heterocycles. The van der Waals surface area contributed by atoms with Crippen LogP contribution in [-0.2, 0) is 13.6 Å².